The molecule has 4 aromatic rings. The van der Waals surface area contributed by atoms with Crippen LogP contribution in [0.15, 0.2) is 60.9 Å². The van der Waals surface area contributed by atoms with Crippen molar-refractivity contribution < 1.29 is 9.53 Å². The van der Waals surface area contributed by atoms with Crippen molar-refractivity contribution in [2.24, 2.45) is 5.73 Å². The van der Waals surface area contributed by atoms with E-state index in [1.165, 1.54) is 0 Å². The standard InChI is InChI=1S/C28H33N7O2/c1-28(2,3)37-27(36)34(20-7-6-8-20)21-10-12-22(13-11-21)35-24(23-9-4-5-15-30-23)17-19-18-32-26(31-16-14-29)33-25(19)35/h4-5,9-13,15,17-18,20H,6-8,14,16,29H2,1-3H3,(H,31,32,33). The van der Waals surface area contributed by atoms with Crippen molar-refractivity contribution in [1.29, 1.82) is 0 Å². The highest BCUT2D eigenvalue weighted by atomic mass is 16.6. The number of anilines is 2. The molecule has 1 aromatic carbocycles. The average molecular weight is 500 g/mol. The highest BCUT2D eigenvalue weighted by Gasteiger charge is 2.33. The van der Waals surface area contributed by atoms with E-state index in [9.17, 15) is 4.79 Å². The van der Waals surface area contributed by atoms with E-state index in [4.69, 9.17) is 15.5 Å². The smallest absolute Gasteiger partial charge is 0.415 e. The number of amides is 1. The van der Waals surface area contributed by atoms with Gasteiger partial charge in [0, 0.05) is 48.3 Å². The molecule has 1 aliphatic carbocycles. The number of carbonyl (C=O) groups excluding carboxylic acids is 1. The Hall–Kier alpha value is -3.98. The van der Waals surface area contributed by atoms with Crippen molar-refractivity contribution in [3.05, 3.63) is 60.9 Å². The average Bonchev–Trinajstić information content (AvgIpc) is 3.23. The molecule has 0 atom stereocenters. The monoisotopic (exact) mass is 499 g/mol. The van der Waals surface area contributed by atoms with Crippen molar-refractivity contribution >= 4 is 28.8 Å². The number of aromatic nitrogens is 4. The van der Waals surface area contributed by atoms with Gasteiger partial charge in [0.05, 0.1) is 11.4 Å². The van der Waals surface area contributed by atoms with Crippen LogP contribution in [0.3, 0.4) is 0 Å². The maximum atomic E-state index is 13.1. The largest absolute Gasteiger partial charge is 0.443 e. The summed E-state index contributed by atoms with van der Waals surface area (Å²) in [5.41, 5.74) is 9.29. The molecule has 0 spiro atoms. The predicted molar refractivity (Wildman–Crippen MR) is 146 cm³/mol. The predicted octanol–water partition coefficient (Wildman–Crippen LogP) is 5.15. The minimum atomic E-state index is -0.560. The molecular weight excluding hydrogens is 466 g/mol. The Balaban J connectivity index is 1.57. The number of nitrogens with two attached hydrogens (primary N) is 1. The number of ether oxygens (including phenoxy) is 1. The van der Waals surface area contributed by atoms with E-state index < -0.39 is 5.60 Å². The van der Waals surface area contributed by atoms with Crippen molar-refractivity contribution in [2.45, 2.75) is 51.7 Å². The van der Waals surface area contributed by atoms with Crippen LogP contribution < -0.4 is 16.0 Å². The minimum Gasteiger partial charge on any atom is -0.443 e. The Morgan fingerprint density at radius 3 is 2.57 bits per heavy atom. The fourth-order valence-electron chi connectivity index (χ4n) is 4.41. The van der Waals surface area contributed by atoms with Gasteiger partial charge in [-0.15, -0.1) is 0 Å². The van der Waals surface area contributed by atoms with Crippen LogP contribution in [0.4, 0.5) is 16.4 Å². The van der Waals surface area contributed by atoms with Gasteiger partial charge in [0.2, 0.25) is 5.95 Å². The van der Waals surface area contributed by atoms with Gasteiger partial charge in [-0.3, -0.25) is 14.5 Å². The summed E-state index contributed by atoms with van der Waals surface area (Å²) in [6.07, 6.45) is 6.33. The number of nitrogens with one attached hydrogen (secondary N) is 1. The number of pyridine rings is 1. The summed E-state index contributed by atoms with van der Waals surface area (Å²) in [6.45, 7) is 6.74. The Bertz CT molecular complexity index is 1370. The lowest BCUT2D eigenvalue weighted by Crippen LogP contribution is -2.46. The van der Waals surface area contributed by atoms with Gasteiger partial charge in [0.25, 0.3) is 0 Å². The zero-order valence-electron chi connectivity index (χ0n) is 21.5. The number of fused-ring (bicyclic) bond motifs is 1. The SMILES string of the molecule is CC(C)(C)OC(=O)N(c1ccc(-n2c(-c3ccccn3)cc3cnc(NCCN)nc32)cc1)C1CCC1. The van der Waals surface area contributed by atoms with E-state index in [0.717, 1.165) is 53.1 Å². The molecule has 9 nitrogen and oxygen atoms in total. The van der Waals surface area contributed by atoms with Gasteiger partial charge in [0.15, 0.2) is 5.65 Å². The number of hydrogen-bond donors (Lipinski definition) is 2. The topological polar surface area (TPSA) is 111 Å². The number of benzene rings is 1. The Kier molecular flexibility index (Phi) is 6.80. The third-order valence-electron chi connectivity index (χ3n) is 6.31. The summed E-state index contributed by atoms with van der Waals surface area (Å²) in [4.78, 5) is 28.7. The van der Waals surface area contributed by atoms with Crippen LogP contribution in [0.2, 0.25) is 0 Å². The molecule has 0 aliphatic heterocycles. The number of nitrogens with zero attached hydrogens (tertiary/aromatic N) is 5. The summed E-state index contributed by atoms with van der Waals surface area (Å²) < 4.78 is 7.80. The molecule has 0 bridgehead atoms. The van der Waals surface area contributed by atoms with E-state index in [1.807, 2.05) is 69.3 Å². The van der Waals surface area contributed by atoms with Crippen LogP contribution in [-0.4, -0.2) is 50.3 Å². The van der Waals surface area contributed by atoms with E-state index in [1.54, 1.807) is 17.3 Å². The molecule has 3 N–H and O–H groups in total. The second kappa shape index (κ2) is 10.2. The quantitative estimate of drug-likeness (QED) is 0.362. The molecule has 0 radical (unpaired) electrons. The third kappa shape index (κ3) is 5.27. The van der Waals surface area contributed by atoms with E-state index in [0.29, 0.717) is 19.0 Å². The molecule has 1 fully saturated rings. The highest BCUT2D eigenvalue weighted by Crippen LogP contribution is 2.34. The molecule has 9 heteroatoms. The fraction of sp³-hybridized carbons (Fsp3) is 0.357. The molecule has 3 aromatic heterocycles. The van der Waals surface area contributed by atoms with Crippen LogP contribution >= 0.6 is 0 Å². The zero-order valence-corrected chi connectivity index (χ0v) is 21.5. The highest BCUT2D eigenvalue weighted by molar-refractivity contribution is 5.89. The van der Waals surface area contributed by atoms with Gasteiger partial charge in [-0.2, -0.15) is 4.98 Å². The zero-order chi connectivity index (χ0) is 26.0. The molecule has 3 heterocycles. The summed E-state index contributed by atoms with van der Waals surface area (Å²) in [5, 5.41) is 4.06. The van der Waals surface area contributed by atoms with Gasteiger partial charge >= 0.3 is 6.09 Å². The first kappa shape index (κ1) is 24.7. The van der Waals surface area contributed by atoms with Crippen molar-refractivity contribution in [3.63, 3.8) is 0 Å². The lowest BCUT2D eigenvalue weighted by Gasteiger charge is -2.38. The van der Waals surface area contributed by atoms with E-state index in [2.05, 4.69) is 19.9 Å². The second-order valence-electron chi connectivity index (χ2n) is 10.2. The summed E-state index contributed by atoms with van der Waals surface area (Å²) >= 11 is 0. The molecule has 192 valence electrons. The molecule has 1 saturated carbocycles. The first-order valence-corrected chi connectivity index (χ1v) is 12.7. The maximum absolute atomic E-state index is 13.1. The lowest BCUT2D eigenvalue weighted by atomic mass is 9.91. The normalized spacial score (nSPS) is 13.8. The minimum absolute atomic E-state index is 0.154. The summed E-state index contributed by atoms with van der Waals surface area (Å²) in [6, 6.07) is 16.0. The molecular formula is C28H33N7O2. The molecule has 1 amide bonds. The van der Waals surface area contributed by atoms with Crippen molar-refractivity contribution in [1.82, 2.24) is 19.5 Å². The van der Waals surface area contributed by atoms with Gasteiger partial charge in [0.1, 0.15) is 5.60 Å². The molecule has 0 unspecified atom stereocenters. The van der Waals surface area contributed by atoms with Crippen LogP contribution in [0.5, 0.6) is 0 Å². The molecule has 0 saturated heterocycles. The van der Waals surface area contributed by atoms with E-state index in [-0.39, 0.29) is 12.1 Å². The second-order valence-corrected chi connectivity index (χ2v) is 10.2. The van der Waals surface area contributed by atoms with Gasteiger partial charge < -0.3 is 15.8 Å². The van der Waals surface area contributed by atoms with Crippen LogP contribution in [-0.2, 0) is 4.74 Å². The molecule has 1 aliphatic rings. The number of carbonyl (C=O) groups is 1. The summed E-state index contributed by atoms with van der Waals surface area (Å²) in [5.74, 6) is 0.516. The Morgan fingerprint density at radius 1 is 1.16 bits per heavy atom. The van der Waals surface area contributed by atoms with Crippen molar-refractivity contribution in [2.75, 3.05) is 23.3 Å². The van der Waals surface area contributed by atoms with Crippen LogP contribution in [0.25, 0.3) is 28.1 Å². The van der Waals surface area contributed by atoms with Gasteiger partial charge in [-0.25, -0.2) is 9.78 Å². The molecule has 5 rings (SSSR count). The van der Waals surface area contributed by atoms with Crippen LogP contribution in [0.1, 0.15) is 40.0 Å². The van der Waals surface area contributed by atoms with E-state index >= 15 is 0 Å². The summed E-state index contributed by atoms with van der Waals surface area (Å²) in [7, 11) is 0. The van der Waals surface area contributed by atoms with Crippen LogP contribution in [0, 0.1) is 0 Å². The first-order valence-electron chi connectivity index (χ1n) is 12.7. The Labute approximate surface area is 216 Å². The van der Waals surface area contributed by atoms with Gasteiger partial charge in [-0.1, -0.05) is 6.07 Å². The third-order valence-corrected chi connectivity index (χ3v) is 6.31. The first-order chi connectivity index (χ1) is 17.8. The van der Waals surface area contributed by atoms with Crippen molar-refractivity contribution in [3.8, 4) is 17.1 Å². The Morgan fingerprint density at radius 2 is 1.95 bits per heavy atom. The fourth-order valence-corrected chi connectivity index (χ4v) is 4.41. The maximum Gasteiger partial charge on any atom is 0.415 e. The number of hydrogen-bond acceptors (Lipinski definition) is 7. The van der Waals surface area contributed by atoms with Gasteiger partial charge in [-0.05, 0) is 82.5 Å². The lowest BCUT2D eigenvalue weighted by molar-refractivity contribution is 0.0549. The number of rotatable bonds is 7. The molecule has 37 heavy (non-hydrogen) atoms.